The lowest BCUT2D eigenvalue weighted by Crippen LogP contribution is -2.23. The molecule has 2 heterocycles. The maximum Gasteiger partial charge on any atom is 0.144 e. The minimum Gasteiger partial charge on any atom is -0.378 e. The molecular formula is C12H14BrNO2. The Morgan fingerprint density at radius 3 is 3.00 bits per heavy atom. The lowest BCUT2D eigenvalue weighted by molar-refractivity contribution is -0.123. The van der Waals surface area contributed by atoms with Gasteiger partial charge in [-0.2, -0.15) is 0 Å². The maximum absolute atomic E-state index is 12.0. The summed E-state index contributed by atoms with van der Waals surface area (Å²) in [6, 6.07) is 3.78. The molecule has 4 heteroatoms. The first-order valence-corrected chi connectivity index (χ1v) is 6.21. The maximum atomic E-state index is 12.0. The van der Waals surface area contributed by atoms with Crippen molar-refractivity contribution >= 4 is 21.7 Å². The molecule has 0 N–H and O–H groups in total. The molecule has 16 heavy (non-hydrogen) atoms. The highest BCUT2D eigenvalue weighted by Gasteiger charge is 2.30. The predicted molar refractivity (Wildman–Crippen MR) is 64.2 cm³/mol. The predicted octanol–water partition coefficient (Wildman–Crippen LogP) is 2.38. The second-order valence-corrected chi connectivity index (χ2v) is 5.00. The molecule has 1 aromatic heterocycles. The van der Waals surface area contributed by atoms with Crippen molar-refractivity contribution in [3.05, 3.63) is 28.5 Å². The Labute approximate surface area is 103 Å². The molecule has 0 aromatic carbocycles. The fourth-order valence-corrected chi connectivity index (χ4v) is 2.21. The molecule has 0 spiro atoms. The van der Waals surface area contributed by atoms with Crippen LogP contribution in [0.4, 0.5) is 0 Å². The van der Waals surface area contributed by atoms with Crippen molar-refractivity contribution in [3.8, 4) is 0 Å². The Morgan fingerprint density at radius 2 is 2.44 bits per heavy atom. The zero-order valence-corrected chi connectivity index (χ0v) is 10.7. The van der Waals surface area contributed by atoms with Gasteiger partial charge in [-0.25, -0.2) is 0 Å². The summed E-state index contributed by atoms with van der Waals surface area (Å²) >= 11 is 3.32. The van der Waals surface area contributed by atoms with Gasteiger partial charge in [-0.05, 0) is 41.4 Å². The van der Waals surface area contributed by atoms with Gasteiger partial charge >= 0.3 is 0 Å². The van der Waals surface area contributed by atoms with Crippen LogP contribution in [0.3, 0.4) is 0 Å². The lowest BCUT2D eigenvalue weighted by atomic mass is 9.94. The Bertz CT molecular complexity index is 377. The number of nitrogens with zero attached hydrogens (tertiary/aromatic N) is 1. The molecule has 1 aromatic rings. The van der Waals surface area contributed by atoms with Gasteiger partial charge in [0.25, 0.3) is 0 Å². The van der Waals surface area contributed by atoms with Gasteiger partial charge in [0.15, 0.2) is 0 Å². The van der Waals surface area contributed by atoms with E-state index in [2.05, 4.69) is 20.9 Å². The fraction of sp³-hybridized carbons (Fsp3) is 0.500. The minimum atomic E-state index is 0.0467. The Hall–Kier alpha value is -0.740. The third-order valence-corrected chi connectivity index (χ3v) is 3.40. The second kappa shape index (κ2) is 5.06. The topological polar surface area (TPSA) is 39.2 Å². The number of carbonyl (C=O) groups excluding carboxylic acids is 1. The van der Waals surface area contributed by atoms with Crippen molar-refractivity contribution < 1.29 is 9.53 Å². The zero-order valence-electron chi connectivity index (χ0n) is 9.15. The summed E-state index contributed by atoms with van der Waals surface area (Å²) in [6.45, 7) is 2.66. The van der Waals surface area contributed by atoms with Crippen molar-refractivity contribution in [1.29, 1.82) is 0 Å². The Balaban J connectivity index is 1.99. The van der Waals surface area contributed by atoms with Crippen LogP contribution in [-0.2, 0) is 16.0 Å². The minimum absolute atomic E-state index is 0.0467. The van der Waals surface area contributed by atoms with Crippen molar-refractivity contribution in [3.63, 3.8) is 0 Å². The molecule has 0 radical (unpaired) electrons. The van der Waals surface area contributed by atoms with Crippen LogP contribution in [0.15, 0.2) is 22.8 Å². The van der Waals surface area contributed by atoms with E-state index in [1.54, 1.807) is 6.20 Å². The van der Waals surface area contributed by atoms with E-state index < -0.39 is 0 Å². The number of halogens is 1. The molecule has 2 rings (SSSR count). The summed E-state index contributed by atoms with van der Waals surface area (Å²) in [5, 5.41) is 0. The number of hydrogen-bond donors (Lipinski definition) is 0. The number of ketones is 1. The van der Waals surface area contributed by atoms with Crippen molar-refractivity contribution in [2.75, 3.05) is 6.61 Å². The summed E-state index contributed by atoms with van der Waals surface area (Å²) in [7, 11) is 0. The Morgan fingerprint density at radius 1 is 1.62 bits per heavy atom. The number of Topliss-reactive ketones (excluding diaryl/α,β-unsaturated/α-hetero) is 1. The first-order chi connectivity index (χ1) is 7.66. The number of aromatic nitrogens is 1. The smallest absolute Gasteiger partial charge is 0.144 e. The summed E-state index contributed by atoms with van der Waals surface area (Å²) in [6.07, 6.45) is 3.03. The van der Waals surface area contributed by atoms with Crippen molar-refractivity contribution in [2.24, 2.45) is 5.92 Å². The van der Waals surface area contributed by atoms with Gasteiger partial charge < -0.3 is 4.74 Å². The van der Waals surface area contributed by atoms with E-state index in [0.717, 1.165) is 16.6 Å². The zero-order chi connectivity index (χ0) is 11.5. The van der Waals surface area contributed by atoms with Crippen LogP contribution in [0, 0.1) is 5.92 Å². The number of ether oxygens (including phenoxy) is 1. The number of rotatable bonds is 3. The second-order valence-electron chi connectivity index (χ2n) is 4.08. The fourth-order valence-electron chi connectivity index (χ4n) is 1.98. The largest absolute Gasteiger partial charge is 0.378 e. The standard InChI is InChI=1S/C12H14BrNO2/c1-8-11(4-5-16-8)12(15)6-10-3-2-9(13)7-14-10/h2-3,7-8,11H,4-6H2,1H3. The molecule has 86 valence electrons. The monoisotopic (exact) mass is 283 g/mol. The number of hydrogen-bond acceptors (Lipinski definition) is 3. The van der Waals surface area contributed by atoms with Crippen LogP contribution in [-0.4, -0.2) is 23.5 Å². The van der Waals surface area contributed by atoms with E-state index in [0.29, 0.717) is 13.0 Å². The first-order valence-electron chi connectivity index (χ1n) is 5.41. The highest BCUT2D eigenvalue weighted by atomic mass is 79.9. The Kier molecular flexibility index (Phi) is 3.71. The van der Waals surface area contributed by atoms with Gasteiger partial charge in [-0.1, -0.05) is 0 Å². The van der Waals surface area contributed by atoms with E-state index in [4.69, 9.17) is 4.74 Å². The summed E-state index contributed by atoms with van der Waals surface area (Å²) in [5.74, 6) is 0.283. The molecule has 0 amide bonds. The van der Waals surface area contributed by atoms with Crippen molar-refractivity contribution in [1.82, 2.24) is 4.98 Å². The molecule has 2 atom stereocenters. The first kappa shape index (κ1) is 11.7. The molecule has 3 nitrogen and oxygen atoms in total. The van der Waals surface area contributed by atoms with Gasteiger partial charge in [0.1, 0.15) is 5.78 Å². The molecule has 1 saturated heterocycles. The molecule has 1 aliphatic heterocycles. The molecule has 1 aliphatic rings. The van der Waals surface area contributed by atoms with Crippen LogP contribution in [0.25, 0.3) is 0 Å². The SMILES string of the molecule is CC1OCCC1C(=O)Cc1ccc(Br)cn1. The number of carbonyl (C=O) groups is 1. The van der Waals surface area contributed by atoms with Crippen molar-refractivity contribution in [2.45, 2.75) is 25.9 Å². The summed E-state index contributed by atoms with van der Waals surface area (Å²) in [4.78, 5) is 16.2. The summed E-state index contributed by atoms with van der Waals surface area (Å²) < 4.78 is 6.33. The number of pyridine rings is 1. The third-order valence-electron chi connectivity index (χ3n) is 2.93. The van der Waals surface area contributed by atoms with Gasteiger partial charge in [-0.15, -0.1) is 0 Å². The molecular weight excluding hydrogens is 270 g/mol. The van der Waals surface area contributed by atoms with E-state index in [1.807, 2.05) is 19.1 Å². The van der Waals surface area contributed by atoms with Crippen LogP contribution >= 0.6 is 15.9 Å². The van der Waals surface area contributed by atoms with Gasteiger partial charge in [-0.3, -0.25) is 9.78 Å². The average Bonchev–Trinajstić information content (AvgIpc) is 2.68. The third kappa shape index (κ3) is 2.68. The van der Waals surface area contributed by atoms with Crippen LogP contribution in [0.1, 0.15) is 19.0 Å². The quantitative estimate of drug-likeness (QED) is 0.855. The van der Waals surface area contributed by atoms with Crippen LogP contribution < -0.4 is 0 Å². The van der Waals surface area contributed by atoms with Crippen LogP contribution in [0.5, 0.6) is 0 Å². The molecule has 0 saturated carbocycles. The van der Waals surface area contributed by atoms with E-state index in [1.165, 1.54) is 0 Å². The molecule has 2 unspecified atom stereocenters. The highest BCUT2D eigenvalue weighted by Crippen LogP contribution is 2.22. The van der Waals surface area contributed by atoms with E-state index >= 15 is 0 Å². The van der Waals surface area contributed by atoms with E-state index in [-0.39, 0.29) is 17.8 Å². The van der Waals surface area contributed by atoms with Gasteiger partial charge in [0.2, 0.25) is 0 Å². The average molecular weight is 284 g/mol. The highest BCUT2D eigenvalue weighted by molar-refractivity contribution is 9.10. The lowest BCUT2D eigenvalue weighted by Gasteiger charge is -2.12. The summed E-state index contributed by atoms with van der Waals surface area (Å²) in [5.41, 5.74) is 0.826. The van der Waals surface area contributed by atoms with Gasteiger partial charge in [0, 0.05) is 35.3 Å². The van der Waals surface area contributed by atoms with Crippen LogP contribution in [0.2, 0.25) is 0 Å². The molecule has 1 fully saturated rings. The van der Waals surface area contributed by atoms with E-state index in [9.17, 15) is 4.79 Å². The molecule has 0 bridgehead atoms. The molecule has 0 aliphatic carbocycles. The van der Waals surface area contributed by atoms with Gasteiger partial charge in [0.05, 0.1) is 6.10 Å². The normalized spacial score (nSPS) is 24.6.